The molecule has 0 radical (unpaired) electrons. The van der Waals surface area contributed by atoms with Gasteiger partial charge in [0.1, 0.15) is 0 Å². The molecule has 114 valence electrons. The van der Waals surface area contributed by atoms with Crippen LogP contribution in [-0.4, -0.2) is 14.8 Å². The third-order valence-electron chi connectivity index (χ3n) is 2.94. The standard InChI is InChI=1S/C14H17F3N4/c1-8(2)4-12-19-13(21(3)20-12)9-5-10(14(15,16)17)7-11(18)6-9/h5-8H,4,18H2,1-3H3. The molecule has 1 aromatic carbocycles. The van der Waals surface area contributed by atoms with Crippen molar-refractivity contribution < 1.29 is 13.2 Å². The molecule has 7 heteroatoms. The summed E-state index contributed by atoms with van der Waals surface area (Å²) >= 11 is 0. The third-order valence-corrected chi connectivity index (χ3v) is 2.94. The molecule has 1 heterocycles. The molecule has 0 saturated carbocycles. The molecular formula is C14H17F3N4. The molecule has 1 aromatic heterocycles. The maximum Gasteiger partial charge on any atom is 0.416 e. The average Bonchev–Trinajstić information content (AvgIpc) is 2.67. The summed E-state index contributed by atoms with van der Waals surface area (Å²) in [6.07, 6.45) is -3.77. The van der Waals surface area contributed by atoms with Crippen molar-refractivity contribution in [3.63, 3.8) is 0 Å². The monoisotopic (exact) mass is 298 g/mol. The Morgan fingerprint density at radius 2 is 1.90 bits per heavy atom. The van der Waals surface area contributed by atoms with Crippen molar-refractivity contribution in [1.29, 1.82) is 0 Å². The van der Waals surface area contributed by atoms with Crippen LogP contribution in [0.3, 0.4) is 0 Å². The zero-order valence-electron chi connectivity index (χ0n) is 12.1. The summed E-state index contributed by atoms with van der Waals surface area (Å²) in [6, 6.07) is 3.42. The molecule has 0 saturated heterocycles. The van der Waals surface area contributed by atoms with E-state index < -0.39 is 11.7 Å². The van der Waals surface area contributed by atoms with E-state index in [1.807, 2.05) is 13.8 Å². The number of aryl methyl sites for hydroxylation is 1. The van der Waals surface area contributed by atoms with Gasteiger partial charge in [0.25, 0.3) is 0 Å². The molecule has 0 aliphatic carbocycles. The first-order chi connectivity index (χ1) is 9.66. The van der Waals surface area contributed by atoms with Crippen molar-refractivity contribution in [3.8, 4) is 11.4 Å². The number of rotatable bonds is 3. The molecule has 0 spiro atoms. The Morgan fingerprint density at radius 1 is 1.24 bits per heavy atom. The zero-order valence-corrected chi connectivity index (χ0v) is 12.1. The minimum Gasteiger partial charge on any atom is -0.399 e. The van der Waals surface area contributed by atoms with Gasteiger partial charge in [-0.15, -0.1) is 0 Å². The van der Waals surface area contributed by atoms with Crippen LogP contribution in [0.5, 0.6) is 0 Å². The number of nitrogen functional groups attached to an aromatic ring is 1. The van der Waals surface area contributed by atoms with E-state index >= 15 is 0 Å². The van der Waals surface area contributed by atoms with E-state index in [2.05, 4.69) is 10.1 Å². The zero-order chi connectivity index (χ0) is 15.8. The molecule has 2 rings (SSSR count). The number of hydrogen-bond donors (Lipinski definition) is 1. The van der Waals surface area contributed by atoms with Crippen molar-refractivity contribution in [2.75, 3.05) is 5.73 Å². The van der Waals surface area contributed by atoms with Gasteiger partial charge < -0.3 is 5.73 Å². The lowest BCUT2D eigenvalue weighted by atomic mass is 10.1. The molecular weight excluding hydrogens is 281 g/mol. The van der Waals surface area contributed by atoms with Gasteiger partial charge in [0.05, 0.1) is 5.56 Å². The van der Waals surface area contributed by atoms with E-state index in [9.17, 15) is 13.2 Å². The predicted octanol–water partition coefficient (Wildman–Crippen LogP) is 3.28. The molecule has 0 atom stereocenters. The third kappa shape index (κ3) is 3.53. The molecule has 21 heavy (non-hydrogen) atoms. The molecule has 2 N–H and O–H groups in total. The normalized spacial score (nSPS) is 12.1. The van der Waals surface area contributed by atoms with Crippen LogP contribution in [0.2, 0.25) is 0 Å². The lowest BCUT2D eigenvalue weighted by Gasteiger charge is -2.10. The Morgan fingerprint density at radius 3 is 2.48 bits per heavy atom. The van der Waals surface area contributed by atoms with Gasteiger partial charge >= 0.3 is 6.18 Å². The largest absolute Gasteiger partial charge is 0.416 e. The first kappa shape index (κ1) is 15.3. The summed E-state index contributed by atoms with van der Waals surface area (Å²) in [6.45, 7) is 4.05. The molecule has 0 bridgehead atoms. The van der Waals surface area contributed by atoms with Gasteiger partial charge in [-0.2, -0.15) is 18.3 Å². The molecule has 0 aliphatic rings. The molecule has 0 aliphatic heterocycles. The van der Waals surface area contributed by atoms with E-state index in [0.29, 0.717) is 29.6 Å². The summed E-state index contributed by atoms with van der Waals surface area (Å²) in [7, 11) is 1.66. The summed E-state index contributed by atoms with van der Waals surface area (Å²) in [4.78, 5) is 4.31. The summed E-state index contributed by atoms with van der Waals surface area (Å²) in [5.41, 5.74) is 5.15. The van der Waals surface area contributed by atoms with E-state index in [4.69, 9.17) is 5.73 Å². The number of nitrogens with zero attached hydrogens (tertiary/aromatic N) is 3. The SMILES string of the molecule is CC(C)Cc1nc(-c2cc(N)cc(C(F)(F)F)c2)n(C)n1. The quantitative estimate of drug-likeness (QED) is 0.885. The molecule has 0 fully saturated rings. The lowest BCUT2D eigenvalue weighted by Crippen LogP contribution is -2.06. The Labute approximate surface area is 120 Å². The van der Waals surface area contributed by atoms with Gasteiger partial charge in [0.2, 0.25) is 0 Å². The highest BCUT2D eigenvalue weighted by Gasteiger charge is 2.31. The minimum atomic E-state index is -4.44. The fraction of sp³-hybridized carbons (Fsp3) is 0.429. The van der Waals surface area contributed by atoms with Gasteiger partial charge in [-0.3, -0.25) is 0 Å². The lowest BCUT2D eigenvalue weighted by molar-refractivity contribution is -0.137. The van der Waals surface area contributed by atoms with Crippen LogP contribution in [0, 0.1) is 5.92 Å². The number of anilines is 1. The van der Waals surface area contributed by atoms with E-state index in [0.717, 1.165) is 12.1 Å². The Hall–Kier alpha value is -2.05. The van der Waals surface area contributed by atoms with Crippen molar-refractivity contribution >= 4 is 5.69 Å². The number of nitrogens with two attached hydrogens (primary N) is 1. The second-order valence-corrected chi connectivity index (χ2v) is 5.41. The second kappa shape index (κ2) is 5.38. The number of alkyl halides is 3. The van der Waals surface area contributed by atoms with Crippen LogP contribution < -0.4 is 5.73 Å². The first-order valence-corrected chi connectivity index (χ1v) is 6.55. The van der Waals surface area contributed by atoms with Gasteiger partial charge in [0, 0.05) is 24.7 Å². The summed E-state index contributed by atoms with van der Waals surface area (Å²) in [5.74, 6) is 1.36. The van der Waals surface area contributed by atoms with Crippen LogP contribution in [-0.2, 0) is 19.6 Å². The number of benzene rings is 1. The van der Waals surface area contributed by atoms with E-state index in [-0.39, 0.29) is 5.69 Å². The number of aromatic nitrogens is 3. The second-order valence-electron chi connectivity index (χ2n) is 5.41. The molecule has 0 unspecified atom stereocenters. The minimum absolute atomic E-state index is 0.0493. The van der Waals surface area contributed by atoms with Crippen LogP contribution in [0.25, 0.3) is 11.4 Å². The smallest absolute Gasteiger partial charge is 0.399 e. The molecule has 0 amide bonds. The Kier molecular flexibility index (Phi) is 3.93. The Bertz CT molecular complexity index is 644. The highest BCUT2D eigenvalue weighted by atomic mass is 19.4. The highest BCUT2D eigenvalue weighted by molar-refractivity contribution is 5.63. The first-order valence-electron chi connectivity index (χ1n) is 6.55. The van der Waals surface area contributed by atoms with Crippen LogP contribution >= 0.6 is 0 Å². The summed E-state index contributed by atoms with van der Waals surface area (Å²) in [5, 5.41) is 4.23. The van der Waals surface area contributed by atoms with Crippen molar-refractivity contribution in [3.05, 3.63) is 29.6 Å². The maximum atomic E-state index is 12.8. The Balaban J connectivity index is 2.47. The fourth-order valence-corrected chi connectivity index (χ4v) is 2.08. The summed E-state index contributed by atoms with van der Waals surface area (Å²) < 4.78 is 40.0. The molecule has 4 nitrogen and oxygen atoms in total. The van der Waals surface area contributed by atoms with Crippen molar-refractivity contribution in [2.45, 2.75) is 26.4 Å². The predicted molar refractivity (Wildman–Crippen MR) is 74.4 cm³/mol. The van der Waals surface area contributed by atoms with Crippen LogP contribution in [0.1, 0.15) is 25.2 Å². The van der Waals surface area contributed by atoms with Gasteiger partial charge in [-0.1, -0.05) is 13.8 Å². The highest BCUT2D eigenvalue weighted by Crippen LogP contribution is 2.33. The fourth-order valence-electron chi connectivity index (χ4n) is 2.08. The van der Waals surface area contributed by atoms with E-state index in [1.165, 1.54) is 10.7 Å². The van der Waals surface area contributed by atoms with Crippen LogP contribution in [0.15, 0.2) is 18.2 Å². The van der Waals surface area contributed by atoms with Gasteiger partial charge in [-0.25, -0.2) is 9.67 Å². The van der Waals surface area contributed by atoms with Gasteiger partial charge in [-0.05, 0) is 24.1 Å². The van der Waals surface area contributed by atoms with Gasteiger partial charge in [0.15, 0.2) is 11.6 Å². The van der Waals surface area contributed by atoms with Crippen molar-refractivity contribution in [1.82, 2.24) is 14.8 Å². The number of halogens is 3. The average molecular weight is 298 g/mol. The van der Waals surface area contributed by atoms with Crippen LogP contribution in [0.4, 0.5) is 18.9 Å². The van der Waals surface area contributed by atoms with Crippen molar-refractivity contribution in [2.24, 2.45) is 13.0 Å². The maximum absolute atomic E-state index is 12.8. The van der Waals surface area contributed by atoms with E-state index in [1.54, 1.807) is 7.05 Å². The topological polar surface area (TPSA) is 56.7 Å². The molecule has 2 aromatic rings. The number of hydrogen-bond acceptors (Lipinski definition) is 3.